The summed E-state index contributed by atoms with van der Waals surface area (Å²) >= 11 is 0. The molecule has 0 spiro atoms. The molecule has 2 saturated heterocycles. The van der Waals surface area contributed by atoms with E-state index >= 15 is 0 Å². The van der Waals surface area contributed by atoms with E-state index in [-0.39, 0.29) is 5.91 Å². The first-order chi connectivity index (χ1) is 7.16. The van der Waals surface area contributed by atoms with Crippen molar-refractivity contribution in [3.05, 3.63) is 0 Å². The van der Waals surface area contributed by atoms with Gasteiger partial charge in [-0.3, -0.25) is 4.79 Å². The van der Waals surface area contributed by atoms with Crippen molar-refractivity contribution in [3.8, 4) is 0 Å². The Morgan fingerprint density at radius 3 is 2.80 bits per heavy atom. The number of carbonyl (C=O) groups is 1. The molecule has 0 radical (unpaired) electrons. The van der Waals surface area contributed by atoms with Gasteiger partial charge in [-0.25, -0.2) is 0 Å². The standard InChI is InChI=1S/C11H20N2O2/c1-8-11(4-6-15-8)12-10-3-5-13(7-10)9(2)14/h8,10-12H,3-7H2,1-2H3. The van der Waals surface area contributed by atoms with Gasteiger partial charge in [0.25, 0.3) is 0 Å². The molecule has 15 heavy (non-hydrogen) atoms. The van der Waals surface area contributed by atoms with Crippen molar-refractivity contribution in [3.63, 3.8) is 0 Å². The van der Waals surface area contributed by atoms with Gasteiger partial charge in [-0.2, -0.15) is 0 Å². The minimum absolute atomic E-state index is 0.190. The Balaban J connectivity index is 1.79. The number of carbonyl (C=O) groups excluding carboxylic acids is 1. The number of hydrogen-bond donors (Lipinski definition) is 1. The smallest absolute Gasteiger partial charge is 0.219 e. The zero-order chi connectivity index (χ0) is 10.8. The van der Waals surface area contributed by atoms with Crippen LogP contribution in [0.15, 0.2) is 0 Å². The van der Waals surface area contributed by atoms with Crippen molar-refractivity contribution < 1.29 is 9.53 Å². The zero-order valence-corrected chi connectivity index (χ0v) is 9.53. The second-order valence-electron chi connectivity index (χ2n) is 4.59. The summed E-state index contributed by atoms with van der Waals surface area (Å²) in [7, 11) is 0. The van der Waals surface area contributed by atoms with E-state index in [2.05, 4.69) is 12.2 Å². The summed E-state index contributed by atoms with van der Waals surface area (Å²) in [6.45, 7) is 6.38. The number of nitrogens with zero attached hydrogens (tertiary/aromatic N) is 1. The highest BCUT2D eigenvalue weighted by atomic mass is 16.5. The highest BCUT2D eigenvalue weighted by molar-refractivity contribution is 5.73. The summed E-state index contributed by atoms with van der Waals surface area (Å²) in [4.78, 5) is 13.1. The molecule has 2 heterocycles. The molecule has 1 N–H and O–H groups in total. The van der Waals surface area contributed by atoms with Crippen LogP contribution in [0, 0.1) is 0 Å². The topological polar surface area (TPSA) is 41.6 Å². The maximum atomic E-state index is 11.2. The third-order valence-electron chi connectivity index (χ3n) is 3.46. The van der Waals surface area contributed by atoms with Gasteiger partial charge >= 0.3 is 0 Å². The van der Waals surface area contributed by atoms with Crippen LogP contribution in [0.3, 0.4) is 0 Å². The number of ether oxygens (including phenoxy) is 1. The number of likely N-dealkylation sites (tertiary alicyclic amines) is 1. The molecule has 1 amide bonds. The summed E-state index contributed by atoms with van der Waals surface area (Å²) in [6, 6.07) is 0.935. The maximum Gasteiger partial charge on any atom is 0.219 e. The van der Waals surface area contributed by atoms with Gasteiger partial charge in [0.15, 0.2) is 0 Å². The summed E-state index contributed by atoms with van der Waals surface area (Å²) in [5.41, 5.74) is 0. The van der Waals surface area contributed by atoms with Gasteiger partial charge in [0.05, 0.1) is 6.10 Å². The predicted octanol–water partition coefficient (Wildman–Crippen LogP) is 0.374. The molecule has 3 unspecified atom stereocenters. The van der Waals surface area contributed by atoms with Crippen LogP contribution in [0.25, 0.3) is 0 Å². The molecule has 2 rings (SSSR count). The monoisotopic (exact) mass is 212 g/mol. The molecule has 3 atom stereocenters. The number of hydrogen-bond acceptors (Lipinski definition) is 3. The molecule has 0 bridgehead atoms. The van der Waals surface area contributed by atoms with Crippen molar-refractivity contribution >= 4 is 5.91 Å². The molecule has 2 fully saturated rings. The van der Waals surface area contributed by atoms with Gasteiger partial charge in [-0.15, -0.1) is 0 Å². The van der Waals surface area contributed by atoms with Gasteiger partial charge in [0.1, 0.15) is 0 Å². The molecule has 86 valence electrons. The SMILES string of the molecule is CC(=O)N1CCC(NC2CCOC2C)C1. The van der Waals surface area contributed by atoms with Crippen molar-refractivity contribution in [1.82, 2.24) is 10.2 Å². The van der Waals surface area contributed by atoms with Crippen molar-refractivity contribution in [2.45, 2.75) is 44.9 Å². The Hall–Kier alpha value is -0.610. The van der Waals surface area contributed by atoms with Gasteiger partial charge in [-0.1, -0.05) is 0 Å². The minimum atomic E-state index is 0.190. The fourth-order valence-corrected chi connectivity index (χ4v) is 2.44. The van der Waals surface area contributed by atoms with Crippen LogP contribution >= 0.6 is 0 Å². The van der Waals surface area contributed by atoms with E-state index in [1.165, 1.54) is 0 Å². The molecule has 4 heteroatoms. The highest BCUT2D eigenvalue weighted by Gasteiger charge is 2.30. The van der Waals surface area contributed by atoms with E-state index < -0.39 is 0 Å². The third kappa shape index (κ3) is 2.49. The molecule has 0 saturated carbocycles. The van der Waals surface area contributed by atoms with Crippen LogP contribution in [0.2, 0.25) is 0 Å². The van der Waals surface area contributed by atoms with E-state index in [9.17, 15) is 4.79 Å². The van der Waals surface area contributed by atoms with E-state index in [0.717, 1.165) is 32.5 Å². The molecule has 0 aromatic carbocycles. The Labute approximate surface area is 91.0 Å². The lowest BCUT2D eigenvalue weighted by Crippen LogP contribution is -2.43. The lowest BCUT2D eigenvalue weighted by Gasteiger charge is -2.21. The molecule has 0 aromatic rings. The van der Waals surface area contributed by atoms with Crippen molar-refractivity contribution in [2.75, 3.05) is 19.7 Å². The lowest BCUT2D eigenvalue weighted by molar-refractivity contribution is -0.127. The number of nitrogens with one attached hydrogen (secondary N) is 1. The Kier molecular flexibility index (Phi) is 3.26. The second kappa shape index (κ2) is 4.49. The molecular weight excluding hydrogens is 192 g/mol. The molecule has 2 aliphatic heterocycles. The first kappa shape index (κ1) is 10.9. The average Bonchev–Trinajstić information content (AvgIpc) is 2.77. The maximum absolute atomic E-state index is 11.2. The van der Waals surface area contributed by atoms with Gasteiger partial charge in [0, 0.05) is 38.7 Å². The first-order valence-electron chi connectivity index (χ1n) is 5.80. The fraction of sp³-hybridized carbons (Fsp3) is 0.909. The summed E-state index contributed by atoms with van der Waals surface area (Å²) in [5, 5.41) is 3.59. The lowest BCUT2D eigenvalue weighted by atomic mass is 10.1. The van der Waals surface area contributed by atoms with Crippen LogP contribution in [0.4, 0.5) is 0 Å². The van der Waals surface area contributed by atoms with Gasteiger partial charge < -0.3 is 15.0 Å². The largest absolute Gasteiger partial charge is 0.377 e. The predicted molar refractivity (Wildman–Crippen MR) is 57.6 cm³/mol. The Morgan fingerprint density at radius 1 is 1.47 bits per heavy atom. The zero-order valence-electron chi connectivity index (χ0n) is 9.53. The van der Waals surface area contributed by atoms with Crippen LogP contribution in [-0.4, -0.2) is 48.7 Å². The summed E-state index contributed by atoms with van der Waals surface area (Å²) in [6.07, 6.45) is 2.48. The Morgan fingerprint density at radius 2 is 2.27 bits per heavy atom. The number of amides is 1. The van der Waals surface area contributed by atoms with E-state index in [4.69, 9.17) is 4.74 Å². The highest BCUT2D eigenvalue weighted by Crippen LogP contribution is 2.16. The quantitative estimate of drug-likeness (QED) is 0.719. The second-order valence-corrected chi connectivity index (χ2v) is 4.59. The van der Waals surface area contributed by atoms with Crippen LogP contribution in [0.1, 0.15) is 26.7 Å². The average molecular weight is 212 g/mol. The van der Waals surface area contributed by atoms with E-state index in [1.54, 1.807) is 6.92 Å². The summed E-state index contributed by atoms with van der Waals surface area (Å²) in [5.74, 6) is 0.190. The molecular formula is C11H20N2O2. The van der Waals surface area contributed by atoms with Crippen LogP contribution in [0.5, 0.6) is 0 Å². The number of rotatable bonds is 2. The molecule has 0 aliphatic carbocycles. The van der Waals surface area contributed by atoms with Crippen molar-refractivity contribution in [2.24, 2.45) is 0 Å². The molecule has 4 nitrogen and oxygen atoms in total. The molecule has 0 aromatic heterocycles. The molecule has 2 aliphatic rings. The van der Waals surface area contributed by atoms with Crippen LogP contribution < -0.4 is 5.32 Å². The van der Waals surface area contributed by atoms with Gasteiger partial charge in [-0.05, 0) is 19.8 Å². The van der Waals surface area contributed by atoms with E-state index in [0.29, 0.717) is 18.2 Å². The Bertz CT molecular complexity index is 245. The van der Waals surface area contributed by atoms with E-state index in [1.807, 2.05) is 4.90 Å². The van der Waals surface area contributed by atoms with Gasteiger partial charge in [0.2, 0.25) is 5.91 Å². The fourth-order valence-electron chi connectivity index (χ4n) is 2.44. The minimum Gasteiger partial charge on any atom is -0.377 e. The summed E-state index contributed by atoms with van der Waals surface area (Å²) < 4.78 is 5.51. The third-order valence-corrected chi connectivity index (χ3v) is 3.46. The first-order valence-corrected chi connectivity index (χ1v) is 5.80. The normalized spacial score (nSPS) is 36.1. The van der Waals surface area contributed by atoms with Crippen molar-refractivity contribution in [1.29, 1.82) is 0 Å². The van der Waals surface area contributed by atoms with Crippen LogP contribution in [-0.2, 0) is 9.53 Å².